The normalized spacial score (nSPS) is 10.2. The number of rotatable bonds is 4. The quantitative estimate of drug-likeness (QED) is 0.852. The molecule has 7 heteroatoms. The third kappa shape index (κ3) is 2.44. The molecule has 1 aromatic carbocycles. The van der Waals surface area contributed by atoms with Crippen molar-refractivity contribution in [1.29, 1.82) is 0 Å². The van der Waals surface area contributed by atoms with Gasteiger partial charge in [0.05, 0.1) is 7.11 Å². The fraction of sp³-hybridized carbons (Fsp3) is 0.200. The number of hydrogen-bond donors (Lipinski definition) is 1. The highest BCUT2D eigenvalue weighted by molar-refractivity contribution is 7.71. The third-order valence-electron chi connectivity index (χ3n) is 2.06. The molecule has 1 aromatic heterocycles. The summed E-state index contributed by atoms with van der Waals surface area (Å²) in [6.45, 7) is -0.918. The van der Waals surface area contributed by atoms with Gasteiger partial charge in [-0.1, -0.05) is 0 Å². The molecule has 0 spiro atoms. The lowest BCUT2D eigenvalue weighted by Gasteiger charge is -2.08. The van der Waals surface area contributed by atoms with Gasteiger partial charge in [0.2, 0.25) is 12.8 Å². The lowest BCUT2D eigenvalue weighted by Crippen LogP contribution is -1.94. The number of aromatic amines is 1. The van der Waals surface area contributed by atoms with E-state index < -0.39 is 6.86 Å². The Hall–Kier alpha value is -1.89. The fourth-order valence-corrected chi connectivity index (χ4v) is 1.46. The van der Waals surface area contributed by atoms with Crippen LogP contribution in [0.15, 0.2) is 22.6 Å². The second-order valence-electron chi connectivity index (χ2n) is 3.04. The van der Waals surface area contributed by atoms with Crippen molar-refractivity contribution in [3.63, 3.8) is 0 Å². The van der Waals surface area contributed by atoms with Gasteiger partial charge in [0.1, 0.15) is 0 Å². The zero-order valence-electron chi connectivity index (χ0n) is 8.90. The van der Waals surface area contributed by atoms with Crippen LogP contribution >= 0.6 is 12.2 Å². The van der Waals surface area contributed by atoms with Crippen LogP contribution in [0.4, 0.5) is 4.39 Å². The van der Waals surface area contributed by atoms with E-state index in [1.807, 2.05) is 0 Å². The van der Waals surface area contributed by atoms with Crippen LogP contribution in [0.25, 0.3) is 11.5 Å². The van der Waals surface area contributed by atoms with Crippen molar-refractivity contribution < 1.29 is 18.3 Å². The van der Waals surface area contributed by atoms with Gasteiger partial charge in [0.25, 0.3) is 4.84 Å². The molecular formula is C10H9FN2O3S. The maximum absolute atomic E-state index is 12.1. The van der Waals surface area contributed by atoms with Gasteiger partial charge in [-0.3, -0.25) is 0 Å². The van der Waals surface area contributed by atoms with Crippen LogP contribution in [0.5, 0.6) is 11.5 Å². The molecule has 0 aliphatic carbocycles. The van der Waals surface area contributed by atoms with Gasteiger partial charge in [-0.2, -0.15) is 0 Å². The van der Waals surface area contributed by atoms with Crippen molar-refractivity contribution in [2.24, 2.45) is 0 Å². The van der Waals surface area contributed by atoms with Gasteiger partial charge in [-0.05, 0) is 30.4 Å². The largest absolute Gasteiger partial charge is 0.493 e. The lowest BCUT2D eigenvalue weighted by molar-refractivity contribution is 0.185. The summed E-state index contributed by atoms with van der Waals surface area (Å²) >= 11 is 4.77. The highest BCUT2D eigenvalue weighted by Gasteiger charge is 2.10. The molecule has 5 nitrogen and oxygen atoms in total. The Bertz CT molecular complexity index is 567. The standard InChI is InChI=1S/C10H9FN2O3S/c1-14-8-4-6(2-3-7(8)15-5-11)9-12-13-10(17)16-9/h2-4H,5H2,1H3,(H,13,17). The molecule has 0 aliphatic rings. The fourth-order valence-electron chi connectivity index (χ4n) is 1.33. The van der Waals surface area contributed by atoms with Crippen LogP contribution in [-0.4, -0.2) is 24.2 Å². The summed E-state index contributed by atoms with van der Waals surface area (Å²) in [6, 6.07) is 4.86. The first kappa shape index (κ1) is 11.6. The molecular weight excluding hydrogens is 247 g/mol. The minimum Gasteiger partial charge on any atom is -0.493 e. The van der Waals surface area contributed by atoms with Crippen LogP contribution in [-0.2, 0) is 0 Å². The van der Waals surface area contributed by atoms with E-state index in [0.29, 0.717) is 23.0 Å². The van der Waals surface area contributed by atoms with Crippen molar-refractivity contribution in [3.8, 4) is 23.0 Å². The average molecular weight is 256 g/mol. The van der Waals surface area contributed by atoms with Crippen molar-refractivity contribution in [1.82, 2.24) is 10.2 Å². The number of methoxy groups -OCH3 is 1. The third-order valence-corrected chi connectivity index (χ3v) is 2.23. The maximum Gasteiger partial charge on any atom is 0.284 e. The maximum atomic E-state index is 12.1. The molecule has 0 amide bonds. The van der Waals surface area contributed by atoms with Crippen LogP contribution < -0.4 is 9.47 Å². The molecule has 0 fully saturated rings. The van der Waals surface area contributed by atoms with Gasteiger partial charge in [-0.15, -0.1) is 5.10 Å². The summed E-state index contributed by atoms with van der Waals surface area (Å²) in [7, 11) is 1.46. The Morgan fingerprint density at radius 3 is 2.88 bits per heavy atom. The van der Waals surface area contributed by atoms with Crippen LogP contribution in [0.3, 0.4) is 0 Å². The van der Waals surface area contributed by atoms with Gasteiger partial charge < -0.3 is 13.9 Å². The number of H-pyrrole nitrogens is 1. The van der Waals surface area contributed by atoms with E-state index in [1.165, 1.54) is 7.11 Å². The number of ether oxygens (including phenoxy) is 2. The summed E-state index contributed by atoms with van der Waals surface area (Å²) in [5.41, 5.74) is 0.653. The second kappa shape index (κ2) is 4.96. The van der Waals surface area contributed by atoms with E-state index in [4.69, 9.17) is 26.1 Å². The molecule has 1 heterocycles. The molecule has 90 valence electrons. The molecule has 0 saturated carbocycles. The van der Waals surface area contributed by atoms with Gasteiger partial charge in [0.15, 0.2) is 11.5 Å². The number of alkyl halides is 1. The molecule has 0 atom stereocenters. The summed E-state index contributed by atoms with van der Waals surface area (Å²) in [6.07, 6.45) is 0. The number of hydrogen-bond acceptors (Lipinski definition) is 5. The summed E-state index contributed by atoms with van der Waals surface area (Å²) in [5, 5.41) is 6.38. The van der Waals surface area contributed by atoms with E-state index in [2.05, 4.69) is 10.2 Å². The first-order chi connectivity index (χ1) is 8.24. The summed E-state index contributed by atoms with van der Waals surface area (Å²) in [5.74, 6) is 1.04. The lowest BCUT2D eigenvalue weighted by atomic mass is 10.2. The minimum atomic E-state index is -0.918. The van der Waals surface area contributed by atoms with Crippen LogP contribution in [0.1, 0.15) is 0 Å². The smallest absolute Gasteiger partial charge is 0.284 e. The summed E-state index contributed by atoms with van der Waals surface area (Å²) < 4.78 is 27.1. The predicted molar refractivity (Wildman–Crippen MR) is 60.3 cm³/mol. The molecule has 0 saturated heterocycles. The minimum absolute atomic E-state index is 0.183. The van der Waals surface area contributed by atoms with E-state index in [9.17, 15) is 4.39 Å². The van der Waals surface area contributed by atoms with Crippen molar-refractivity contribution in [2.75, 3.05) is 14.0 Å². The van der Waals surface area contributed by atoms with Crippen LogP contribution in [0, 0.1) is 4.84 Å². The predicted octanol–water partition coefficient (Wildman–Crippen LogP) is 2.71. The van der Waals surface area contributed by atoms with Crippen LogP contribution in [0.2, 0.25) is 0 Å². The highest BCUT2D eigenvalue weighted by Crippen LogP contribution is 2.31. The van der Waals surface area contributed by atoms with Gasteiger partial charge in [0, 0.05) is 5.56 Å². The molecule has 0 bridgehead atoms. The SMILES string of the molecule is COc1cc(-c2n[nH]c(=S)o2)ccc1OCF. The second-order valence-corrected chi connectivity index (χ2v) is 3.41. The van der Waals surface area contributed by atoms with E-state index in [1.54, 1.807) is 18.2 Å². The Morgan fingerprint density at radius 1 is 1.47 bits per heavy atom. The van der Waals surface area contributed by atoms with E-state index in [0.717, 1.165) is 0 Å². The zero-order chi connectivity index (χ0) is 12.3. The summed E-state index contributed by atoms with van der Waals surface area (Å²) in [4.78, 5) is 0.183. The first-order valence-corrected chi connectivity index (χ1v) is 5.08. The van der Waals surface area contributed by atoms with Crippen molar-refractivity contribution in [3.05, 3.63) is 23.0 Å². The molecule has 0 unspecified atom stereocenters. The molecule has 0 radical (unpaired) electrons. The first-order valence-electron chi connectivity index (χ1n) is 4.67. The van der Waals surface area contributed by atoms with Crippen molar-refractivity contribution in [2.45, 2.75) is 0 Å². The average Bonchev–Trinajstić information content (AvgIpc) is 2.77. The monoisotopic (exact) mass is 256 g/mol. The highest BCUT2D eigenvalue weighted by atomic mass is 32.1. The topological polar surface area (TPSA) is 60.3 Å². The molecule has 17 heavy (non-hydrogen) atoms. The number of halogens is 1. The molecule has 2 aromatic rings. The Labute approximate surface area is 101 Å². The van der Waals surface area contributed by atoms with E-state index >= 15 is 0 Å². The molecule has 1 N–H and O–H groups in total. The zero-order valence-corrected chi connectivity index (χ0v) is 9.71. The van der Waals surface area contributed by atoms with Crippen molar-refractivity contribution >= 4 is 12.2 Å². The number of nitrogens with one attached hydrogen (secondary N) is 1. The Kier molecular flexibility index (Phi) is 3.38. The Morgan fingerprint density at radius 2 is 2.29 bits per heavy atom. The Balaban J connectivity index is 2.40. The molecule has 0 aliphatic heterocycles. The number of aromatic nitrogens is 2. The molecule has 2 rings (SSSR count). The number of benzene rings is 1. The van der Waals surface area contributed by atoms with Gasteiger partial charge >= 0.3 is 0 Å². The van der Waals surface area contributed by atoms with E-state index in [-0.39, 0.29) is 4.84 Å². The van der Waals surface area contributed by atoms with Gasteiger partial charge in [-0.25, -0.2) is 9.49 Å². The number of nitrogens with zero attached hydrogens (tertiary/aromatic N) is 1.